The number of nitrogens with one attached hydrogen (secondary N) is 1. The molecule has 25 heavy (non-hydrogen) atoms. The number of benzene rings is 1. The van der Waals surface area contributed by atoms with Crippen molar-refractivity contribution >= 4 is 17.3 Å². The van der Waals surface area contributed by atoms with Gasteiger partial charge in [-0.05, 0) is 37.5 Å². The number of nitrogens with zero attached hydrogens (tertiary/aromatic N) is 5. The molecule has 0 bridgehead atoms. The van der Waals surface area contributed by atoms with E-state index in [9.17, 15) is 5.26 Å². The summed E-state index contributed by atoms with van der Waals surface area (Å²) in [5.74, 6) is 1.73. The molecule has 3 rings (SSSR count). The second-order valence-corrected chi connectivity index (χ2v) is 6.72. The van der Waals surface area contributed by atoms with E-state index in [2.05, 4.69) is 39.2 Å². The van der Waals surface area contributed by atoms with E-state index in [1.165, 1.54) is 5.56 Å². The topological polar surface area (TPSA) is 68.1 Å². The summed E-state index contributed by atoms with van der Waals surface area (Å²) in [6, 6.07) is 10.6. The molecule has 1 N–H and O–H groups in total. The monoisotopic (exact) mass is 336 g/mol. The first kappa shape index (κ1) is 17.0. The van der Waals surface area contributed by atoms with Crippen molar-refractivity contribution in [1.29, 1.82) is 5.26 Å². The molecule has 0 saturated carbocycles. The van der Waals surface area contributed by atoms with Gasteiger partial charge in [0.2, 0.25) is 0 Å². The molecule has 2 aromatic rings. The lowest BCUT2D eigenvalue weighted by Gasteiger charge is -2.35. The summed E-state index contributed by atoms with van der Waals surface area (Å²) in [6.45, 7) is 3.90. The smallest absolute Gasteiger partial charge is 0.133 e. The molecule has 0 aliphatic carbocycles. The molecular formula is C19H24N6. The molecule has 0 amide bonds. The Bertz CT molecular complexity index is 780. The number of aromatic nitrogens is 2. The maximum Gasteiger partial charge on any atom is 0.133 e. The van der Waals surface area contributed by atoms with E-state index < -0.39 is 0 Å². The van der Waals surface area contributed by atoms with Crippen LogP contribution >= 0.6 is 0 Å². The zero-order valence-electron chi connectivity index (χ0n) is 15.0. The fraction of sp³-hybridized carbons (Fsp3) is 0.421. The van der Waals surface area contributed by atoms with Crippen LogP contribution in [0.25, 0.3) is 0 Å². The minimum absolute atomic E-state index is 0.297. The standard InChI is InChI=1S/C19H24N6/c1-14-6-7-15(11-20)17(9-14)25-8-4-5-16(12-25)23-18-10-19(24(2)3)22-13-21-18/h6-7,9-10,13,16H,4-5,8,12H2,1-3H3,(H,21,22,23). The number of nitriles is 1. The molecule has 1 aromatic carbocycles. The predicted octanol–water partition coefficient (Wildman–Crippen LogP) is 2.80. The Morgan fingerprint density at radius 3 is 2.88 bits per heavy atom. The highest BCUT2D eigenvalue weighted by Gasteiger charge is 2.22. The number of anilines is 3. The summed E-state index contributed by atoms with van der Waals surface area (Å²) < 4.78 is 0. The van der Waals surface area contributed by atoms with E-state index in [4.69, 9.17) is 0 Å². The lowest BCUT2D eigenvalue weighted by Crippen LogP contribution is -2.42. The average molecular weight is 336 g/mol. The first-order valence-corrected chi connectivity index (χ1v) is 8.58. The number of hydrogen-bond donors (Lipinski definition) is 1. The van der Waals surface area contributed by atoms with E-state index in [1.807, 2.05) is 37.2 Å². The molecular weight excluding hydrogens is 312 g/mol. The van der Waals surface area contributed by atoms with Crippen LogP contribution in [0.3, 0.4) is 0 Å². The van der Waals surface area contributed by atoms with E-state index in [0.29, 0.717) is 6.04 Å². The van der Waals surface area contributed by atoms with Gasteiger partial charge in [-0.3, -0.25) is 0 Å². The van der Waals surface area contributed by atoms with Crippen molar-refractivity contribution < 1.29 is 0 Å². The van der Waals surface area contributed by atoms with E-state index >= 15 is 0 Å². The van der Waals surface area contributed by atoms with Crippen LogP contribution in [0.15, 0.2) is 30.6 Å². The Balaban J connectivity index is 1.75. The second-order valence-electron chi connectivity index (χ2n) is 6.72. The third-order valence-corrected chi connectivity index (χ3v) is 4.50. The van der Waals surface area contributed by atoms with Crippen LogP contribution < -0.4 is 15.1 Å². The number of rotatable bonds is 4. The van der Waals surface area contributed by atoms with Crippen LogP contribution in [0.4, 0.5) is 17.3 Å². The predicted molar refractivity (Wildman–Crippen MR) is 101 cm³/mol. The van der Waals surface area contributed by atoms with Gasteiger partial charge in [0.1, 0.15) is 24.0 Å². The molecule has 1 aliphatic heterocycles. The molecule has 1 unspecified atom stereocenters. The van der Waals surface area contributed by atoms with Crippen molar-refractivity contribution in [3.05, 3.63) is 41.7 Å². The van der Waals surface area contributed by atoms with Crippen LogP contribution in [-0.2, 0) is 0 Å². The highest BCUT2D eigenvalue weighted by Crippen LogP contribution is 2.26. The zero-order valence-corrected chi connectivity index (χ0v) is 15.0. The SMILES string of the molecule is Cc1ccc(C#N)c(N2CCCC(Nc3cc(N(C)C)ncn3)C2)c1. The fourth-order valence-electron chi connectivity index (χ4n) is 3.19. The van der Waals surface area contributed by atoms with E-state index in [1.54, 1.807) is 6.33 Å². The number of aryl methyl sites for hydroxylation is 1. The van der Waals surface area contributed by atoms with Crippen LogP contribution in [0.1, 0.15) is 24.0 Å². The Labute approximate surface area is 149 Å². The van der Waals surface area contributed by atoms with Crippen LogP contribution in [-0.4, -0.2) is 43.2 Å². The Morgan fingerprint density at radius 1 is 1.28 bits per heavy atom. The number of hydrogen-bond acceptors (Lipinski definition) is 6. The summed E-state index contributed by atoms with van der Waals surface area (Å²) >= 11 is 0. The normalized spacial score (nSPS) is 17.0. The van der Waals surface area contributed by atoms with Gasteiger partial charge in [0.25, 0.3) is 0 Å². The molecule has 1 saturated heterocycles. The largest absolute Gasteiger partial charge is 0.368 e. The Kier molecular flexibility index (Phi) is 5.03. The average Bonchev–Trinajstić information content (AvgIpc) is 2.62. The van der Waals surface area contributed by atoms with Gasteiger partial charge >= 0.3 is 0 Å². The van der Waals surface area contributed by atoms with Crippen LogP contribution in [0, 0.1) is 18.3 Å². The van der Waals surface area contributed by atoms with Gasteiger partial charge in [0, 0.05) is 39.3 Å². The molecule has 0 spiro atoms. The minimum Gasteiger partial charge on any atom is -0.368 e. The summed E-state index contributed by atoms with van der Waals surface area (Å²) in [6.07, 6.45) is 3.76. The second kappa shape index (κ2) is 7.39. The van der Waals surface area contributed by atoms with Crippen LogP contribution in [0.2, 0.25) is 0 Å². The maximum atomic E-state index is 9.41. The minimum atomic E-state index is 0.297. The van der Waals surface area contributed by atoms with Crippen molar-refractivity contribution in [2.24, 2.45) is 0 Å². The first-order chi connectivity index (χ1) is 12.1. The highest BCUT2D eigenvalue weighted by molar-refractivity contribution is 5.61. The summed E-state index contributed by atoms with van der Waals surface area (Å²) in [5, 5.41) is 12.9. The summed E-state index contributed by atoms with van der Waals surface area (Å²) in [7, 11) is 3.94. The van der Waals surface area contributed by atoms with Crippen molar-refractivity contribution in [3.8, 4) is 6.07 Å². The quantitative estimate of drug-likeness (QED) is 0.926. The zero-order chi connectivity index (χ0) is 17.8. The molecule has 130 valence electrons. The van der Waals surface area contributed by atoms with Gasteiger partial charge in [0.15, 0.2) is 0 Å². The highest BCUT2D eigenvalue weighted by atomic mass is 15.2. The van der Waals surface area contributed by atoms with E-state index in [-0.39, 0.29) is 0 Å². The number of piperidine rings is 1. The van der Waals surface area contributed by atoms with Crippen molar-refractivity contribution in [1.82, 2.24) is 9.97 Å². The van der Waals surface area contributed by atoms with Gasteiger partial charge in [-0.1, -0.05) is 6.07 Å². The lowest BCUT2D eigenvalue weighted by molar-refractivity contribution is 0.528. The third kappa shape index (κ3) is 4.00. The molecule has 0 radical (unpaired) electrons. The Morgan fingerprint density at radius 2 is 2.12 bits per heavy atom. The summed E-state index contributed by atoms with van der Waals surface area (Å²) in [5.41, 5.74) is 2.95. The van der Waals surface area contributed by atoms with Crippen LogP contribution in [0.5, 0.6) is 0 Å². The molecule has 1 atom stereocenters. The van der Waals surface area contributed by atoms with Crippen molar-refractivity contribution in [2.45, 2.75) is 25.8 Å². The van der Waals surface area contributed by atoms with Gasteiger partial charge in [-0.15, -0.1) is 0 Å². The van der Waals surface area contributed by atoms with Gasteiger partial charge in [-0.2, -0.15) is 5.26 Å². The van der Waals surface area contributed by atoms with Crippen molar-refractivity contribution in [3.63, 3.8) is 0 Å². The third-order valence-electron chi connectivity index (χ3n) is 4.50. The molecule has 6 nitrogen and oxygen atoms in total. The molecule has 6 heteroatoms. The van der Waals surface area contributed by atoms with Gasteiger partial charge in [0.05, 0.1) is 11.3 Å². The maximum absolute atomic E-state index is 9.41. The lowest BCUT2D eigenvalue weighted by atomic mass is 10.0. The van der Waals surface area contributed by atoms with Gasteiger partial charge < -0.3 is 15.1 Å². The molecule has 1 aromatic heterocycles. The molecule has 1 fully saturated rings. The molecule has 1 aliphatic rings. The molecule has 2 heterocycles. The van der Waals surface area contributed by atoms with E-state index in [0.717, 1.165) is 48.8 Å². The Hall–Kier alpha value is -2.81. The van der Waals surface area contributed by atoms with Crippen molar-refractivity contribution in [2.75, 3.05) is 42.3 Å². The summed E-state index contributed by atoms with van der Waals surface area (Å²) in [4.78, 5) is 12.9. The first-order valence-electron chi connectivity index (χ1n) is 8.58. The fourth-order valence-corrected chi connectivity index (χ4v) is 3.19. The van der Waals surface area contributed by atoms with Gasteiger partial charge in [-0.25, -0.2) is 9.97 Å².